The lowest BCUT2D eigenvalue weighted by molar-refractivity contribution is 0.0745. The summed E-state index contributed by atoms with van der Waals surface area (Å²) in [5.41, 5.74) is 7.81. The molecule has 0 spiro atoms. The molecular weight excluding hydrogens is 230 g/mol. The molecule has 5 heteroatoms. The van der Waals surface area contributed by atoms with Gasteiger partial charge in [-0.3, -0.25) is 4.79 Å². The summed E-state index contributed by atoms with van der Waals surface area (Å²) < 4.78 is 4.97. The van der Waals surface area contributed by atoms with E-state index in [-0.39, 0.29) is 5.91 Å². The molecule has 0 aromatic heterocycles. The Hall–Kier alpha value is -1.75. The minimum Gasteiger partial charge on any atom is -0.399 e. The van der Waals surface area contributed by atoms with Crippen molar-refractivity contribution in [2.24, 2.45) is 0 Å². The van der Waals surface area contributed by atoms with Gasteiger partial charge in [0.1, 0.15) is 0 Å². The Kier molecular flexibility index (Phi) is 4.97. The molecule has 0 bridgehead atoms. The van der Waals surface area contributed by atoms with Crippen molar-refractivity contribution in [3.05, 3.63) is 23.8 Å². The molecule has 18 heavy (non-hydrogen) atoms. The Morgan fingerprint density at radius 1 is 1.33 bits per heavy atom. The zero-order valence-corrected chi connectivity index (χ0v) is 11.4. The van der Waals surface area contributed by atoms with Crippen LogP contribution in [0.1, 0.15) is 10.4 Å². The van der Waals surface area contributed by atoms with Crippen LogP contribution in [-0.2, 0) is 4.74 Å². The van der Waals surface area contributed by atoms with E-state index in [1.54, 1.807) is 31.2 Å². The number of carbonyl (C=O) groups is 1. The van der Waals surface area contributed by atoms with E-state index in [0.29, 0.717) is 24.4 Å². The van der Waals surface area contributed by atoms with Crippen LogP contribution in [0, 0.1) is 0 Å². The predicted molar refractivity (Wildman–Crippen MR) is 74.0 cm³/mol. The molecule has 0 atom stereocenters. The first-order valence-corrected chi connectivity index (χ1v) is 5.78. The van der Waals surface area contributed by atoms with Crippen molar-refractivity contribution in [1.29, 1.82) is 0 Å². The third-order valence-corrected chi connectivity index (χ3v) is 2.71. The van der Waals surface area contributed by atoms with Crippen molar-refractivity contribution in [2.45, 2.75) is 0 Å². The van der Waals surface area contributed by atoms with E-state index in [0.717, 1.165) is 5.69 Å². The number of anilines is 2. The van der Waals surface area contributed by atoms with E-state index in [1.165, 1.54) is 0 Å². The molecule has 5 nitrogen and oxygen atoms in total. The van der Waals surface area contributed by atoms with Gasteiger partial charge in [0.2, 0.25) is 0 Å². The third kappa shape index (κ3) is 3.37. The van der Waals surface area contributed by atoms with Crippen LogP contribution in [-0.4, -0.2) is 52.2 Å². The zero-order chi connectivity index (χ0) is 13.7. The number of nitrogens with two attached hydrogens (primary N) is 1. The van der Waals surface area contributed by atoms with Gasteiger partial charge in [0, 0.05) is 46.2 Å². The number of rotatable bonds is 5. The molecule has 0 saturated carbocycles. The van der Waals surface area contributed by atoms with Crippen LogP contribution >= 0.6 is 0 Å². The van der Waals surface area contributed by atoms with E-state index in [9.17, 15) is 4.79 Å². The second-order valence-electron chi connectivity index (χ2n) is 4.39. The van der Waals surface area contributed by atoms with E-state index in [1.807, 2.05) is 25.1 Å². The molecule has 1 rings (SSSR count). The van der Waals surface area contributed by atoms with Crippen LogP contribution in [0.5, 0.6) is 0 Å². The standard InChI is InChI=1S/C13H21N3O2/c1-15(2)12-6-5-10(14)9-11(12)13(17)16(3)7-8-18-4/h5-6,9H,7-8,14H2,1-4H3. The van der Waals surface area contributed by atoms with Crippen molar-refractivity contribution in [3.63, 3.8) is 0 Å². The van der Waals surface area contributed by atoms with Gasteiger partial charge >= 0.3 is 0 Å². The Balaban J connectivity index is 2.99. The summed E-state index contributed by atoms with van der Waals surface area (Å²) in [4.78, 5) is 15.8. The van der Waals surface area contributed by atoms with Gasteiger partial charge in [0.15, 0.2) is 0 Å². The molecule has 0 saturated heterocycles. The number of ether oxygens (including phenoxy) is 1. The second-order valence-corrected chi connectivity index (χ2v) is 4.39. The maximum absolute atomic E-state index is 12.3. The summed E-state index contributed by atoms with van der Waals surface area (Å²) in [6.07, 6.45) is 0. The monoisotopic (exact) mass is 251 g/mol. The zero-order valence-electron chi connectivity index (χ0n) is 11.4. The highest BCUT2D eigenvalue weighted by Crippen LogP contribution is 2.22. The molecule has 0 aliphatic heterocycles. The minimum absolute atomic E-state index is 0.0527. The largest absolute Gasteiger partial charge is 0.399 e. The topological polar surface area (TPSA) is 58.8 Å². The van der Waals surface area contributed by atoms with Gasteiger partial charge in [-0.05, 0) is 18.2 Å². The number of hydrogen-bond acceptors (Lipinski definition) is 4. The summed E-state index contributed by atoms with van der Waals surface area (Å²) >= 11 is 0. The fourth-order valence-electron chi connectivity index (χ4n) is 1.65. The van der Waals surface area contributed by atoms with Crippen molar-refractivity contribution < 1.29 is 9.53 Å². The molecule has 0 heterocycles. The summed E-state index contributed by atoms with van der Waals surface area (Å²) in [5, 5.41) is 0. The fraction of sp³-hybridized carbons (Fsp3) is 0.462. The SMILES string of the molecule is COCCN(C)C(=O)c1cc(N)ccc1N(C)C. The summed E-state index contributed by atoms with van der Waals surface area (Å²) in [6.45, 7) is 1.07. The van der Waals surface area contributed by atoms with Crippen molar-refractivity contribution >= 4 is 17.3 Å². The fourth-order valence-corrected chi connectivity index (χ4v) is 1.65. The molecule has 0 fully saturated rings. The van der Waals surface area contributed by atoms with Crippen molar-refractivity contribution in [1.82, 2.24) is 4.90 Å². The van der Waals surface area contributed by atoms with Gasteiger partial charge in [-0.25, -0.2) is 0 Å². The van der Waals surface area contributed by atoms with Crippen LogP contribution in [0.4, 0.5) is 11.4 Å². The van der Waals surface area contributed by atoms with Gasteiger partial charge in [-0.15, -0.1) is 0 Å². The van der Waals surface area contributed by atoms with Crippen molar-refractivity contribution in [3.8, 4) is 0 Å². The minimum atomic E-state index is -0.0527. The van der Waals surface area contributed by atoms with Gasteiger partial charge in [0.05, 0.1) is 12.2 Å². The highest BCUT2D eigenvalue weighted by molar-refractivity contribution is 6.00. The number of benzene rings is 1. The first kappa shape index (κ1) is 14.3. The summed E-state index contributed by atoms with van der Waals surface area (Å²) in [7, 11) is 7.17. The Morgan fingerprint density at radius 2 is 2.00 bits per heavy atom. The molecule has 0 unspecified atom stereocenters. The molecule has 100 valence electrons. The average Bonchev–Trinajstić information content (AvgIpc) is 2.34. The summed E-state index contributed by atoms with van der Waals surface area (Å²) in [5.74, 6) is -0.0527. The Morgan fingerprint density at radius 3 is 2.56 bits per heavy atom. The molecule has 2 N–H and O–H groups in total. The third-order valence-electron chi connectivity index (χ3n) is 2.71. The molecule has 0 radical (unpaired) electrons. The lowest BCUT2D eigenvalue weighted by Crippen LogP contribution is -2.31. The first-order chi connectivity index (χ1) is 8.47. The van der Waals surface area contributed by atoms with Crippen molar-refractivity contribution in [2.75, 3.05) is 52.0 Å². The number of nitrogen functional groups attached to an aromatic ring is 1. The first-order valence-electron chi connectivity index (χ1n) is 5.78. The van der Waals surface area contributed by atoms with E-state index in [4.69, 9.17) is 10.5 Å². The Labute approximate surface area is 108 Å². The molecule has 1 aromatic rings. The predicted octanol–water partition coefficient (Wildman–Crippen LogP) is 1.05. The normalized spacial score (nSPS) is 10.2. The maximum Gasteiger partial charge on any atom is 0.255 e. The van der Waals surface area contributed by atoms with Crippen LogP contribution < -0.4 is 10.6 Å². The molecular formula is C13H21N3O2. The molecule has 0 aliphatic rings. The van der Waals surface area contributed by atoms with Gasteiger partial charge in [0.25, 0.3) is 5.91 Å². The second kappa shape index (κ2) is 6.26. The summed E-state index contributed by atoms with van der Waals surface area (Å²) in [6, 6.07) is 5.36. The smallest absolute Gasteiger partial charge is 0.255 e. The van der Waals surface area contributed by atoms with Crippen LogP contribution in [0.25, 0.3) is 0 Å². The Bertz CT molecular complexity index is 419. The van der Waals surface area contributed by atoms with Gasteiger partial charge in [-0.2, -0.15) is 0 Å². The number of carbonyl (C=O) groups excluding carboxylic acids is 1. The van der Waals surface area contributed by atoms with Crippen LogP contribution in [0.15, 0.2) is 18.2 Å². The number of methoxy groups -OCH3 is 1. The lowest BCUT2D eigenvalue weighted by atomic mass is 10.1. The molecule has 0 aliphatic carbocycles. The van der Waals surface area contributed by atoms with Crippen LogP contribution in [0.3, 0.4) is 0 Å². The van der Waals surface area contributed by atoms with Gasteiger partial charge in [-0.1, -0.05) is 0 Å². The number of hydrogen-bond donors (Lipinski definition) is 1. The lowest BCUT2D eigenvalue weighted by Gasteiger charge is -2.22. The van der Waals surface area contributed by atoms with Gasteiger partial charge < -0.3 is 20.3 Å². The highest BCUT2D eigenvalue weighted by Gasteiger charge is 2.17. The number of amides is 1. The van der Waals surface area contributed by atoms with E-state index >= 15 is 0 Å². The molecule has 1 amide bonds. The van der Waals surface area contributed by atoms with E-state index in [2.05, 4.69) is 0 Å². The molecule has 1 aromatic carbocycles. The van der Waals surface area contributed by atoms with Crippen LogP contribution in [0.2, 0.25) is 0 Å². The number of nitrogens with zero attached hydrogens (tertiary/aromatic N) is 2. The highest BCUT2D eigenvalue weighted by atomic mass is 16.5. The maximum atomic E-state index is 12.3. The quantitative estimate of drug-likeness (QED) is 0.795. The number of likely N-dealkylation sites (N-methyl/N-ethyl adjacent to an activating group) is 1. The average molecular weight is 251 g/mol. The van der Waals surface area contributed by atoms with E-state index < -0.39 is 0 Å².